The second kappa shape index (κ2) is 5.09. The van der Waals surface area contributed by atoms with E-state index < -0.39 is 0 Å². The van der Waals surface area contributed by atoms with Gasteiger partial charge < -0.3 is 5.32 Å². The van der Waals surface area contributed by atoms with E-state index in [-0.39, 0.29) is 5.56 Å². The molecule has 0 saturated carbocycles. The van der Waals surface area contributed by atoms with Gasteiger partial charge >= 0.3 is 0 Å². The van der Waals surface area contributed by atoms with Crippen molar-refractivity contribution in [3.05, 3.63) is 63.0 Å². The van der Waals surface area contributed by atoms with Crippen LogP contribution in [-0.2, 0) is 6.54 Å². The SMILES string of the molecule is Cc1cc(C)cc(NCc2cc(=O)n3ccsc3n2)c1. The zero-order chi connectivity index (χ0) is 14.1. The molecule has 0 fully saturated rings. The summed E-state index contributed by atoms with van der Waals surface area (Å²) in [6.45, 7) is 4.69. The van der Waals surface area contributed by atoms with E-state index in [0.29, 0.717) is 6.54 Å². The Kier molecular flexibility index (Phi) is 3.28. The molecule has 0 aliphatic carbocycles. The summed E-state index contributed by atoms with van der Waals surface area (Å²) in [4.78, 5) is 17.1. The number of rotatable bonds is 3. The normalized spacial score (nSPS) is 10.9. The third-order valence-corrected chi connectivity index (χ3v) is 3.81. The predicted molar refractivity (Wildman–Crippen MR) is 82.6 cm³/mol. The van der Waals surface area contributed by atoms with Crippen LogP contribution in [0.2, 0.25) is 0 Å². The largest absolute Gasteiger partial charge is 0.379 e. The van der Waals surface area contributed by atoms with E-state index in [2.05, 4.69) is 42.3 Å². The standard InChI is InChI=1S/C15H15N3OS/c1-10-5-11(2)7-12(6-10)16-9-13-8-14(19)18-3-4-20-15(18)17-13/h3-8,16H,9H2,1-2H3. The summed E-state index contributed by atoms with van der Waals surface area (Å²) < 4.78 is 1.56. The molecule has 2 aromatic heterocycles. The van der Waals surface area contributed by atoms with Crippen molar-refractivity contribution in [3.63, 3.8) is 0 Å². The van der Waals surface area contributed by atoms with Crippen molar-refractivity contribution >= 4 is 22.0 Å². The van der Waals surface area contributed by atoms with E-state index in [1.165, 1.54) is 22.5 Å². The summed E-state index contributed by atoms with van der Waals surface area (Å²) in [6.07, 6.45) is 1.75. The second-order valence-electron chi connectivity index (χ2n) is 4.87. The summed E-state index contributed by atoms with van der Waals surface area (Å²) in [6, 6.07) is 7.88. The molecule has 0 unspecified atom stereocenters. The van der Waals surface area contributed by atoms with Crippen LogP contribution in [-0.4, -0.2) is 9.38 Å². The third kappa shape index (κ3) is 2.58. The molecule has 0 amide bonds. The number of anilines is 1. The minimum atomic E-state index is -0.0338. The van der Waals surface area contributed by atoms with Crippen LogP contribution in [0.15, 0.2) is 40.6 Å². The monoisotopic (exact) mass is 285 g/mol. The highest BCUT2D eigenvalue weighted by molar-refractivity contribution is 7.15. The first kappa shape index (κ1) is 12.9. The highest BCUT2D eigenvalue weighted by Gasteiger charge is 2.03. The average molecular weight is 285 g/mol. The van der Waals surface area contributed by atoms with Gasteiger partial charge in [0.1, 0.15) is 0 Å². The molecule has 0 aliphatic heterocycles. The minimum Gasteiger partial charge on any atom is -0.379 e. The average Bonchev–Trinajstić information content (AvgIpc) is 2.84. The quantitative estimate of drug-likeness (QED) is 0.804. The van der Waals surface area contributed by atoms with Crippen molar-refractivity contribution < 1.29 is 0 Å². The Bertz CT molecular complexity index is 799. The number of aromatic nitrogens is 2. The maximum Gasteiger partial charge on any atom is 0.258 e. The number of benzene rings is 1. The first-order chi connectivity index (χ1) is 9.61. The van der Waals surface area contributed by atoms with Crippen molar-refractivity contribution in [1.82, 2.24) is 9.38 Å². The fourth-order valence-electron chi connectivity index (χ4n) is 2.25. The van der Waals surface area contributed by atoms with Crippen LogP contribution >= 0.6 is 11.3 Å². The highest BCUT2D eigenvalue weighted by atomic mass is 32.1. The lowest BCUT2D eigenvalue weighted by atomic mass is 10.1. The van der Waals surface area contributed by atoms with Crippen LogP contribution in [0.5, 0.6) is 0 Å². The molecular weight excluding hydrogens is 270 g/mol. The lowest BCUT2D eigenvalue weighted by molar-refractivity contribution is 0.989. The molecule has 4 nitrogen and oxygen atoms in total. The number of hydrogen-bond donors (Lipinski definition) is 1. The molecule has 0 aliphatic rings. The number of nitrogens with zero attached hydrogens (tertiary/aromatic N) is 2. The van der Waals surface area contributed by atoms with Crippen LogP contribution in [0.4, 0.5) is 5.69 Å². The summed E-state index contributed by atoms with van der Waals surface area (Å²) in [5, 5.41) is 5.19. The Morgan fingerprint density at radius 3 is 2.70 bits per heavy atom. The summed E-state index contributed by atoms with van der Waals surface area (Å²) in [7, 11) is 0. The van der Waals surface area contributed by atoms with Crippen LogP contribution in [0.3, 0.4) is 0 Å². The molecule has 0 radical (unpaired) electrons. The lowest BCUT2D eigenvalue weighted by Crippen LogP contribution is -2.14. The molecule has 0 saturated heterocycles. The highest BCUT2D eigenvalue weighted by Crippen LogP contribution is 2.14. The zero-order valence-corrected chi connectivity index (χ0v) is 12.2. The Morgan fingerprint density at radius 2 is 1.95 bits per heavy atom. The van der Waals surface area contributed by atoms with Gasteiger partial charge in [0.25, 0.3) is 5.56 Å². The van der Waals surface area contributed by atoms with Gasteiger partial charge in [-0.2, -0.15) is 0 Å². The number of fused-ring (bicyclic) bond motifs is 1. The number of thiazole rings is 1. The molecule has 3 rings (SSSR count). The van der Waals surface area contributed by atoms with E-state index >= 15 is 0 Å². The smallest absolute Gasteiger partial charge is 0.258 e. The number of nitrogens with one attached hydrogen (secondary N) is 1. The van der Waals surface area contributed by atoms with Crippen molar-refractivity contribution in [2.45, 2.75) is 20.4 Å². The maximum absolute atomic E-state index is 11.9. The maximum atomic E-state index is 11.9. The Labute approximate surface area is 120 Å². The van der Waals surface area contributed by atoms with Gasteiger partial charge in [-0.3, -0.25) is 9.20 Å². The Balaban J connectivity index is 1.84. The van der Waals surface area contributed by atoms with Crippen molar-refractivity contribution in [3.8, 4) is 0 Å². The van der Waals surface area contributed by atoms with E-state index in [9.17, 15) is 4.79 Å². The van der Waals surface area contributed by atoms with Crippen molar-refractivity contribution in [2.24, 2.45) is 0 Å². The van der Waals surface area contributed by atoms with E-state index in [1.54, 1.807) is 16.7 Å². The third-order valence-electron chi connectivity index (χ3n) is 3.05. The minimum absolute atomic E-state index is 0.0338. The Morgan fingerprint density at radius 1 is 1.20 bits per heavy atom. The zero-order valence-electron chi connectivity index (χ0n) is 11.4. The van der Waals surface area contributed by atoms with Gasteiger partial charge in [0.05, 0.1) is 12.2 Å². The van der Waals surface area contributed by atoms with E-state index in [1.807, 2.05) is 5.38 Å². The summed E-state index contributed by atoms with van der Waals surface area (Å²) in [5.74, 6) is 0. The van der Waals surface area contributed by atoms with Gasteiger partial charge in [-0.25, -0.2) is 4.98 Å². The van der Waals surface area contributed by atoms with Gasteiger partial charge in [-0.05, 0) is 37.1 Å². The van der Waals surface area contributed by atoms with Crippen LogP contribution < -0.4 is 10.9 Å². The van der Waals surface area contributed by atoms with Crippen molar-refractivity contribution in [1.29, 1.82) is 0 Å². The van der Waals surface area contributed by atoms with Gasteiger partial charge in [0.2, 0.25) is 0 Å². The van der Waals surface area contributed by atoms with Gasteiger partial charge in [-0.1, -0.05) is 6.07 Å². The first-order valence-corrected chi connectivity index (χ1v) is 7.28. The van der Waals surface area contributed by atoms with Crippen LogP contribution in [0.25, 0.3) is 4.96 Å². The van der Waals surface area contributed by atoms with Crippen LogP contribution in [0.1, 0.15) is 16.8 Å². The number of hydrogen-bond acceptors (Lipinski definition) is 4. The number of aryl methyl sites for hydroxylation is 2. The predicted octanol–water partition coefficient (Wildman–Crippen LogP) is 2.98. The van der Waals surface area contributed by atoms with Gasteiger partial charge in [0.15, 0.2) is 4.96 Å². The Hall–Kier alpha value is -2.14. The molecule has 1 N–H and O–H groups in total. The molecule has 1 aromatic carbocycles. The van der Waals surface area contributed by atoms with Gasteiger partial charge in [0, 0.05) is 23.3 Å². The molecule has 0 atom stereocenters. The molecule has 0 spiro atoms. The van der Waals surface area contributed by atoms with E-state index in [0.717, 1.165) is 16.3 Å². The molecule has 3 aromatic rings. The molecule has 20 heavy (non-hydrogen) atoms. The van der Waals surface area contributed by atoms with Crippen LogP contribution in [0, 0.1) is 13.8 Å². The fraction of sp³-hybridized carbons (Fsp3) is 0.200. The van der Waals surface area contributed by atoms with E-state index in [4.69, 9.17) is 0 Å². The fourth-order valence-corrected chi connectivity index (χ4v) is 2.99. The summed E-state index contributed by atoms with van der Waals surface area (Å²) in [5.41, 5.74) is 4.21. The molecule has 2 heterocycles. The second-order valence-corrected chi connectivity index (χ2v) is 5.74. The molecule has 102 valence electrons. The summed E-state index contributed by atoms with van der Waals surface area (Å²) >= 11 is 1.47. The molecule has 5 heteroatoms. The molecular formula is C15H15N3OS. The van der Waals surface area contributed by atoms with Gasteiger partial charge in [-0.15, -0.1) is 11.3 Å². The molecule has 0 bridgehead atoms. The topological polar surface area (TPSA) is 46.4 Å². The first-order valence-electron chi connectivity index (χ1n) is 6.40. The lowest BCUT2D eigenvalue weighted by Gasteiger charge is -2.08. The van der Waals surface area contributed by atoms with Crippen molar-refractivity contribution in [2.75, 3.05) is 5.32 Å².